The van der Waals surface area contributed by atoms with Gasteiger partial charge in [0.1, 0.15) is 5.75 Å². The van der Waals surface area contributed by atoms with Crippen LogP contribution in [0.5, 0.6) is 5.75 Å². The van der Waals surface area contributed by atoms with E-state index in [1.807, 2.05) is 36.1 Å². The first-order chi connectivity index (χ1) is 14.6. The highest BCUT2D eigenvalue weighted by Gasteiger charge is 2.42. The van der Waals surface area contributed by atoms with Gasteiger partial charge in [0, 0.05) is 44.9 Å². The Morgan fingerprint density at radius 3 is 2.53 bits per heavy atom. The lowest BCUT2D eigenvalue weighted by Crippen LogP contribution is -2.46. The summed E-state index contributed by atoms with van der Waals surface area (Å²) in [6.45, 7) is 7.90. The van der Waals surface area contributed by atoms with Gasteiger partial charge >= 0.3 is 0 Å². The molecule has 1 aromatic rings. The van der Waals surface area contributed by atoms with Gasteiger partial charge in [0.2, 0.25) is 0 Å². The number of likely N-dealkylation sites (tertiary alicyclic amines) is 2. The van der Waals surface area contributed by atoms with Crippen LogP contribution in [0.3, 0.4) is 0 Å². The van der Waals surface area contributed by atoms with Crippen LogP contribution in [0.25, 0.3) is 0 Å². The van der Waals surface area contributed by atoms with Crippen LogP contribution in [-0.2, 0) is 4.74 Å². The summed E-state index contributed by atoms with van der Waals surface area (Å²) in [5, 5.41) is 4.26. The van der Waals surface area contributed by atoms with E-state index in [1.54, 1.807) is 0 Å². The van der Waals surface area contributed by atoms with Gasteiger partial charge in [0.15, 0.2) is 5.11 Å². The number of piperidine rings is 1. The third-order valence-corrected chi connectivity index (χ3v) is 7.16. The van der Waals surface area contributed by atoms with Crippen molar-refractivity contribution in [3.8, 4) is 5.75 Å². The van der Waals surface area contributed by atoms with E-state index in [4.69, 9.17) is 21.7 Å². The van der Waals surface area contributed by atoms with Gasteiger partial charge in [-0.25, -0.2) is 0 Å². The Bertz CT molecular complexity index is 741. The Morgan fingerprint density at radius 1 is 1.20 bits per heavy atom. The zero-order valence-corrected chi connectivity index (χ0v) is 18.7. The van der Waals surface area contributed by atoms with Gasteiger partial charge in [-0.05, 0) is 80.9 Å². The first kappa shape index (κ1) is 21.4. The number of hydrogen-bond acceptors (Lipinski definition) is 4. The molecule has 0 aromatic heterocycles. The van der Waals surface area contributed by atoms with Crippen LogP contribution < -0.4 is 10.1 Å². The third-order valence-electron chi connectivity index (χ3n) is 6.75. The Balaban J connectivity index is 1.25. The van der Waals surface area contributed by atoms with Crippen molar-refractivity contribution in [2.75, 3.05) is 45.9 Å². The Hall–Kier alpha value is -1.86. The van der Waals surface area contributed by atoms with E-state index in [9.17, 15) is 4.79 Å². The highest BCUT2D eigenvalue weighted by molar-refractivity contribution is 7.80. The van der Waals surface area contributed by atoms with Crippen molar-refractivity contribution in [3.63, 3.8) is 0 Å². The number of hydrogen-bond donors (Lipinski definition) is 1. The molecule has 7 heteroatoms. The lowest BCUT2D eigenvalue weighted by Gasteiger charge is -2.39. The van der Waals surface area contributed by atoms with Gasteiger partial charge in [-0.2, -0.15) is 0 Å². The highest BCUT2D eigenvalue weighted by atomic mass is 32.1. The Morgan fingerprint density at radius 2 is 1.90 bits per heavy atom. The fourth-order valence-electron chi connectivity index (χ4n) is 4.86. The number of ether oxygens (including phenoxy) is 2. The van der Waals surface area contributed by atoms with Crippen molar-refractivity contribution < 1.29 is 14.3 Å². The van der Waals surface area contributed by atoms with E-state index in [2.05, 4.69) is 10.2 Å². The average Bonchev–Trinajstić information content (AvgIpc) is 3.44. The maximum absolute atomic E-state index is 12.9. The highest BCUT2D eigenvalue weighted by Crippen LogP contribution is 2.40. The molecule has 1 aromatic carbocycles. The predicted molar refractivity (Wildman–Crippen MR) is 121 cm³/mol. The minimum absolute atomic E-state index is 0.122. The number of nitrogens with one attached hydrogen (secondary N) is 1. The fraction of sp³-hybridized carbons (Fsp3) is 0.652. The molecular weight excluding hydrogens is 398 g/mol. The molecular formula is C23H33N3O3S. The lowest BCUT2D eigenvalue weighted by atomic mass is 9.77. The van der Waals surface area contributed by atoms with Gasteiger partial charge in [-0.1, -0.05) is 0 Å². The Kier molecular flexibility index (Phi) is 6.78. The number of amides is 1. The SMILES string of the molecule is CCOc1ccc(C(=O)N2CCC3(CC2)CCN(C(=S)NCC2CCCO2)C3)cc1. The van der Waals surface area contributed by atoms with E-state index >= 15 is 0 Å². The fourth-order valence-corrected chi connectivity index (χ4v) is 5.10. The summed E-state index contributed by atoms with van der Waals surface area (Å²) < 4.78 is 11.2. The third kappa shape index (κ3) is 4.89. The van der Waals surface area contributed by atoms with E-state index in [0.29, 0.717) is 12.7 Å². The van der Waals surface area contributed by atoms with Crippen molar-refractivity contribution in [3.05, 3.63) is 29.8 Å². The van der Waals surface area contributed by atoms with Gasteiger partial charge in [0.05, 0.1) is 12.7 Å². The number of rotatable bonds is 5. The van der Waals surface area contributed by atoms with E-state index in [0.717, 1.165) is 87.9 Å². The summed E-state index contributed by atoms with van der Waals surface area (Å²) in [5.74, 6) is 0.929. The topological polar surface area (TPSA) is 54.0 Å². The molecule has 1 N–H and O–H groups in total. The molecule has 3 aliphatic rings. The maximum Gasteiger partial charge on any atom is 0.253 e. The second-order valence-corrected chi connectivity index (χ2v) is 9.13. The molecule has 164 valence electrons. The summed E-state index contributed by atoms with van der Waals surface area (Å²) in [6.07, 6.45) is 5.81. The Labute approximate surface area is 184 Å². The van der Waals surface area contributed by atoms with Crippen molar-refractivity contribution in [1.82, 2.24) is 15.1 Å². The van der Waals surface area contributed by atoms with Crippen LogP contribution in [0, 0.1) is 5.41 Å². The molecule has 1 unspecified atom stereocenters. The number of carbonyl (C=O) groups excluding carboxylic acids is 1. The molecule has 0 saturated carbocycles. The quantitative estimate of drug-likeness (QED) is 0.723. The van der Waals surface area contributed by atoms with Crippen LogP contribution in [-0.4, -0.2) is 72.9 Å². The zero-order valence-electron chi connectivity index (χ0n) is 17.9. The van der Waals surface area contributed by atoms with E-state index < -0.39 is 0 Å². The molecule has 1 amide bonds. The summed E-state index contributed by atoms with van der Waals surface area (Å²) in [7, 11) is 0. The van der Waals surface area contributed by atoms with Crippen molar-refractivity contribution in [1.29, 1.82) is 0 Å². The van der Waals surface area contributed by atoms with Crippen LogP contribution in [0.1, 0.15) is 49.4 Å². The average molecular weight is 432 g/mol. The van der Waals surface area contributed by atoms with Crippen LogP contribution in [0.15, 0.2) is 24.3 Å². The monoisotopic (exact) mass is 431 g/mol. The number of nitrogens with zero attached hydrogens (tertiary/aromatic N) is 2. The van der Waals surface area contributed by atoms with E-state index in [-0.39, 0.29) is 11.3 Å². The molecule has 3 fully saturated rings. The molecule has 1 spiro atoms. The second-order valence-electron chi connectivity index (χ2n) is 8.74. The molecule has 0 radical (unpaired) electrons. The van der Waals surface area contributed by atoms with Gasteiger partial charge in [-0.15, -0.1) is 0 Å². The summed E-state index contributed by atoms with van der Waals surface area (Å²) >= 11 is 5.64. The van der Waals surface area contributed by atoms with E-state index in [1.165, 1.54) is 0 Å². The summed E-state index contributed by atoms with van der Waals surface area (Å²) in [4.78, 5) is 17.2. The first-order valence-corrected chi connectivity index (χ1v) is 11.7. The minimum atomic E-state index is 0.122. The molecule has 3 heterocycles. The second kappa shape index (κ2) is 9.52. The summed E-state index contributed by atoms with van der Waals surface area (Å²) in [5.41, 5.74) is 1.02. The molecule has 3 saturated heterocycles. The van der Waals surface area contributed by atoms with Gasteiger partial charge in [0.25, 0.3) is 5.91 Å². The molecule has 0 bridgehead atoms. The first-order valence-electron chi connectivity index (χ1n) is 11.3. The molecule has 0 aliphatic carbocycles. The van der Waals surface area contributed by atoms with Crippen molar-refractivity contribution in [2.24, 2.45) is 5.41 Å². The zero-order chi connectivity index (χ0) is 21.0. The molecule has 6 nitrogen and oxygen atoms in total. The van der Waals surface area contributed by atoms with Gasteiger partial charge < -0.3 is 24.6 Å². The van der Waals surface area contributed by atoms with Crippen molar-refractivity contribution >= 4 is 23.2 Å². The van der Waals surface area contributed by atoms with Gasteiger partial charge in [-0.3, -0.25) is 4.79 Å². The molecule has 1 atom stereocenters. The molecule has 30 heavy (non-hydrogen) atoms. The largest absolute Gasteiger partial charge is 0.494 e. The molecule has 3 aliphatic heterocycles. The normalized spacial score (nSPS) is 23.0. The summed E-state index contributed by atoms with van der Waals surface area (Å²) in [6, 6.07) is 7.49. The van der Waals surface area contributed by atoms with Crippen molar-refractivity contribution in [2.45, 2.75) is 45.1 Å². The standard InChI is InChI=1S/C23H33N3O3S/c1-2-28-19-7-5-18(6-8-19)21(27)25-12-9-23(10-13-25)11-14-26(17-23)22(30)24-16-20-4-3-15-29-20/h5-8,20H,2-4,9-17H2,1H3,(H,24,30). The number of benzene rings is 1. The lowest BCUT2D eigenvalue weighted by molar-refractivity contribution is 0.0598. The van der Waals surface area contributed by atoms with Crippen LogP contribution in [0.4, 0.5) is 0 Å². The molecule has 4 rings (SSSR count). The smallest absolute Gasteiger partial charge is 0.253 e. The number of carbonyl (C=O) groups is 1. The minimum Gasteiger partial charge on any atom is -0.494 e. The number of thiocarbonyl (C=S) groups is 1. The van der Waals surface area contributed by atoms with Crippen LogP contribution in [0.2, 0.25) is 0 Å². The predicted octanol–water partition coefficient (Wildman–Crippen LogP) is 3.07. The maximum atomic E-state index is 12.9. The van der Waals surface area contributed by atoms with Crippen LogP contribution >= 0.6 is 12.2 Å².